The molecule has 162 valence electrons. The van der Waals surface area contributed by atoms with Crippen molar-refractivity contribution in [3.05, 3.63) is 64.8 Å². The van der Waals surface area contributed by atoms with Crippen LogP contribution in [0.5, 0.6) is 5.75 Å². The molecule has 2 aromatic carbocycles. The van der Waals surface area contributed by atoms with E-state index in [9.17, 15) is 9.18 Å². The third-order valence-corrected chi connectivity index (χ3v) is 5.66. The van der Waals surface area contributed by atoms with Crippen LogP contribution in [0.25, 0.3) is 11.4 Å². The first-order chi connectivity index (χ1) is 14.9. The zero-order valence-electron chi connectivity index (χ0n) is 17.3. The van der Waals surface area contributed by atoms with Crippen LogP contribution in [0, 0.1) is 12.7 Å². The molecule has 2 atom stereocenters. The second-order valence-corrected chi connectivity index (χ2v) is 8.19. The number of aryl methyl sites for hydroxylation is 1. The quantitative estimate of drug-likeness (QED) is 0.554. The van der Waals surface area contributed by atoms with Gasteiger partial charge < -0.3 is 14.2 Å². The van der Waals surface area contributed by atoms with Gasteiger partial charge in [-0.25, -0.2) is 4.39 Å². The highest BCUT2D eigenvalue weighted by Gasteiger charge is 2.31. The van der Waals surface area contributed by atoms with E-state index in [-0.39, 0.29) is 17.6 Å². The molecule has 2 heterocycles. The van der Waals surface area contributed by atoms with Gasteiger partial charge in [-0.15, -0.1) is 0 Å². The average Bonchev–Trinajstić information content (AvgIpc) is 3.26. The lowest BCUT2D eigenvalue weighted by Crippen LogP contribution is -2.45. The van der Waals surface area contributed by atoms with Crippen LogP contribution in [0.1, 0.15) is 37.1 Å². The molecule has 31 heavy (non-hydrogen) atoms. The molecule has 1 fully saturated rings. The van der Waals surface area contributed by atoms with Gasteiger partial charge >= 0.3 is 0 Å². The van der Waals surface area contributed by atoms with Gasteiger partial charge in [-0.05, 0) is 56.5 Å². The molecule has 0 saturated carbocycles. The topological polar surface area (TPSA) is 68.5 Å². The second kappa shape index (κ2) is 9.06. The van der Waals surface area contributed by atoms with E-state index in [0.29, 0.717) is 41.1 Å². The van der Waals surface area contributed by atoms with E-state index >= 15 is 0 Å². The molecular formula is C23H23ClFN3O3. The van der Waals surface area contributed by atoms with E-state index in [2.05, 4.69) is 10.1 Å². The highest BCUT2D eigenvalue weighted by molar-refractivity contribution is 6.32. The van der Waals surface area contributed by atoms with Gasteiger partial charge in [0.1, 0.15) is 11.6 Å². The fraction of sp³-hybridized carbons (Fsp3) is 0.348. The summed E-state index contributed by atoms with van der Waals surface area (Å²) >= 11 is 6.20. The van der Waals surface area contributed by atoms with E-state index in [0.717, 1.165) is 18.4 Å². The summed E-state index contributed by atoms with van der Waals surface area (Å²) in [6.45, 7) is 4.75. The molecule has 1 aliphatic heterocycles. The van der Waals surface area contributed by atoms with Crippen molar-refractivity contribution < 1.29 is 18.4 Å². The summed E-state index contributed by atoms with van der Waals surface area (Å²) in [5.41, 5.74) is 1.55. The molecule has 0 spiro atoms. The van der Waals surface area contributed by atoms with Crippen LogP contribution in [0.4, 0.5) is 4.39 Å². The number of aromatic nitrogens is 2. The molecule has 3 aromatic rings. The van der Waals surface area contributed by atoms with Crippen LogP contribution in [-0.2, 0) is 4.79 Å². The predicted molar refractivity (Wildman–Crippen MR) is 115 cm³/mol. The zero-order valence-corrected chi connectivity index (χ0v) is 18.1. The van der Waals surface area contributed by atoms with Gasteiger partial charge in [0.2, 0.25) is 11.7 Å². The van der Waals surface area contributed by atoms with E-state index in [4.69, 9.17) is 20.9 Å². The van der Waals surface area contributed by atoms with Crippen molar-refractivity contribution in [3.8, 4) is 17.1 Å². The smallest absolute Gasteiger partial charge is 0.263 e. The lowest BCUT2D eigenvalue weighted by atomic mass is 9.97. The summed E-state index contributed by atoms with van der Waals surface area (Å²) in [4.78, 5) is 19.2. The summed E-state index contributed by atoms with van der Waals surface area (Å²) in [6.07, 6.45) is 0.961. The minimum absolute atomic E-state index is 0.0812. The maximum Gasteiger partial charge on any atom is 0.263 e. The van der Waals surface area contributed by atoms with Crippen LogP contribution in [0.15, 0.2) is 47.0 Å². The second-order valence-electron chi connectivity index (χ2n) is 7.78. The molecule has 8 heteroatoms. The van der Waals surface area contributed by atoms with Gasteiger partial charge in [0.15, 0.2) is 6.10 Å². The molecule has 2 unspecified atom stereocenters. The summed E-state index contributed by atoms with van der Waals surface area (Å²) in [7, 11) is 0. The van der Waals surface area contributed by atoms with Gasteiger partial charge in [0, 0.05) is 18.7 Å². The third kappa shape index (κ3) is 4.88. The van der Waals surface area contributed by atoms with Gasteiger partial charge in [-0.3, -0.25) is 4.79 Å². The number of halogens is 2. The maximum absolute atomic E-state index is 13.5. The van der Waals surface area contributed by atoms with Crippen molar-refractivity contribution >= 4 is 17.5 Å². The third-order valence-electron chi connectivity index (χ3n) is 5.35. The van der Waals surface area contributed by atoms with Crippen molar-refractivity contribution in [2.75, 3.05) is 13.1 Å². The molecule has 4 rings (SSSR count). The number of nitrogens with zero attached hydrogens (tertiary/aromatic N) is 3. The number of carbonyl (C=O) groups is 1. The molecular weight excluding hydrogens is 421 g/mol. The first-order valence-electron chi connectivity index (χ1n) is 10.2. The van der Waals surface area contributed by atoms with Gasteiger partial charge in [0.25, 0.3) is 5.91 Å². The number of carbonyl (C=O) groups excluding carboxylic acids is 1. The number of piperidine rings is 1. The van der Waals surface area contributed by atoms with Crippen LogP contribution in [-0.4, -0.2) is 40.1 Å². The van der Waals surface area contributed by atoms with Crippen LogP contribution < -0.4 is 4.74 Å². The average molecular weight is 444 g/mol. The molecule has 1 amide bonds. The Bertz CT molecular complexity index is 1090. The highest BCUT2D eigenvalue weighted by atomic mass is 35.5. The molecule has 1 aliphatic rings. The molecule has 0 N–H and O–H groups in total. The van der Waals surface area contributed by atoms with Crippen molar-refractivity contribution in [2.45, 2.75) is 38.7 Å². The Hall–Kier alpha value is -2.93. The van der Waals surface area contributed by atoms with E-state index in [1.54, 1.807) is 30.0 Å². The molecule has 0 radical (unpaired) electrons. The molecule has 0 aliphatic carbocycles. The first kappa shape index (κ1) is 21.3. The Morgan fingerprint density at radius 2 is 2.16 bits per heavy atom. The molecule has 6 nitrogen and oxygen atoms in total. The molecule has 0 bridgehead atoms. The largest absolute Gasteiger partial charge is 0.479 e. The Morgan fingerprint density at radius 1 is 1.32 bits per heavy atom. The highest BCUT2D eigenvalue weighted by Crippen LogP contribution is 2.30. The number of amides is 1. The Morgan fingerprint density at radius 3 is 2.97 bits per heavy atom. The number of hydrogen-bond acceptors (Lipinski definition) is 5. The van der Waals surface area contributed by atoms with Gasteiger partial charge in [-0.1, -0.05) is 35.0 Å². The predicted octanol–water partition coefficient (Wildman–Crippen LogP) is 5.01. The zero-order chi connectivity index (χ0) is 22.0. The van der Waals surface area contributed by atoms with Crippen LogP contribution in [0.2, 0.25) is 5.02 Å². The minimum atomic E-state index is -0.677. The summed E-state index contributed by atoms with van der Waals surface area (Å²) in [5, 5.41) is 4.46. The van der Waals surface area contributed by atoms with Gasteiger partial charge in [0.05, 0.1) is 10.9 Å². The monoisotopic (exact) mass is 443 g/mol. The number of rotatable bonds is 5. The van der Waals surface area contributed by atoms with Crippen molar-refractivity contribution in [3.63, 3.8) is 0 Å². The van der Waals surface area contributed by atoms with Crippen LogP contribution in [0.3, 0.4) is 0 Å². The van der Waals surface area contributed by atoms with E-state index < -0.39 is 6.10 Å². The van der Waals surface area contributed by atoms with E-state index in [1.165, 1.54) is 12.1 Å². The molecule has 1 saturated heterocycles. The number of ether oxygens (including phenoxy) is 1. The minimum Gasteiger partial charge on any atom is -0.479 e. The van der Waals surface area contributed by atoms with Crippen molar-refractivity contribution in [1.82, 2.24) is 15.0 Å². The van der Waals surface area contributed by atoms with Crippen LogP contribution >= 0.6 is 11.6 Å². The van der Waals surface area contributed by atoms with Gasteiger partial charge in [-0.2, -0.15) is 4.98 Å². The lowest BCUT2D eigenvalue weighted by molar-refractivity contribution is -0.139. The Kier molecular flexibility index (Phi) is 6.23. The van der Waals surface area contributed by atoms with E-state index in [1.807, 2.05) is 19.1 Å². The number of likely N-dealkylation sites (tertiary alicyclic amines) is 1. The maximum atomic E-state index is 13.5. The fourth-order valence-electron chi connectivity index (χ4n) is 3.72. The first-order valence-corrected chi connectivity index (χ1v) is 10.6. The summed E-state index contributed by atoms with van der Waals surface area (Å²) in [5.74, 6) is 0.721. The Balaban J connectivity index is 1.43. The fourth-order valence-corrected chi connectivity index (χ4v) is 3.89. The normalized spacial score (nSPS) is 17.4. The summed E-state index contributed by atoms with van der Waals surface area (Å²) in [6, 6.07) is 11.5. The standard InChI is InChI=1S/C23H23ClFN3O3/c1-14-8-9-19(24)20(11-14)30-15(2)23(29)28-10-4-6-17(13-28)22-26-21(27-31-22)16-5-3-7-18(25)12-16/h3,5,7-9,11-12,15,17H,4,6,10,13H2,1-2H3. The van der Waals surface area contributed by atoms with Crippen molar-refractivity contribution in [1.29, 1.82) is 0 Å². The number of hydrogen-bond donors (Lipinski definition) is 0. The Labute approximate surface area is 185 Å². The SMILES string of the molecule is Cc1ccc(Cl)c(OC(C)C(=O)N2CCCC(c3nc(-c4cccc(F)c4)no3)C2)c1. The van der Waals surface area contributed by atoms with Crippen molar-refractivity contribution in [2.24, 2.45) is 0 Å². The number of benzene rings is 2. The summed E-state index contributed by atoms with van der Waals surface area (Å²) < 4.78 is 24.8. The lowest BCUT2D eigenvalue weighted by Gasteiger charge is -2.32. The molecule has 1 aromatic heterocycles.